The second kappa shape index (κ2) is 11.2. The molecular weight excluding hydrogens is 448 g/mol. The zero-order valence-electron chi connectivity index (χ0n) is 19.4. The summed E-state index contributed by atoms with van der Waals surface area (Å²) >= 11 is 0. The SMILES string of the molecule is C=C(C)CCc1cc(C)ccc1S(=O)(=O)O.CCC=CC1(C)CC(S(=O)(=O)O)=CC=C1C. The van der Waals surface area contributed by atoms with Crippen molar-refractivity contribution in [1.82, 2.24) is 0 Å². The van der Waals surface area contributed by atoms with Crippen LogP contribution in [0.2, 0.25) is 0 Å². The summed E-state index contributed by atoms with van der Waals surface area (Å²) in [5, 5.41) is 0. The molecule has 2 N–H and O–H groups in total. The van der Waals surface area contributed by atoms with Gasteiger partial charge in [0.25, 0.3) is 20.2 Å². The first-order valence-corrected chi connectivity index (χ1v) is 13.2. The number of allylic oxidation sites excluding steroid dienone is 7. The molecule has 1 aliphatic rings. The quantitative estimate of drug-likeness (QED) is 0.374. The summed E-state index contributed by atoms with van der Waals surface area (Å²) in [4.78, 5) is 0.0840. The molecule has 1 aliphatic carbocycles. The highest BCUT2D eigenvalue weighted by Gasteiger charge is 2.31. The topological polar surface area (TPSA) is 109 Å². The Morgan fingerprint density at radius 3 is 2.25 bits per heavy atom. The first kappa shape index (κ1) is 28.0. The second-order valence-electron chi connectivity index (χ2n) is 8.41. The fourth-order valence-corrected chi connectivity index (χ4v) is 4.67. The maximum Gasteiger partial charge on any atom is 0.294 e. The minimum absolute atomic E-state index is 0.000602. The van der Waals surface area contributed by atoms with E-state index in [0.717, 1.165) is 23.1 Å². The van der Waals surface area contributed by atoms with Crippen LogP contribution in [0.5, 0.6) is 0 Å². The maximum atomic E-state index is 11.1. The lowest BCUT2D eigenvalue weighted by molar-refractivity contribution is 0.467. The lowest BCUT2D eigenvalue weighted by Gasteiger charge is -2.30. The van der Waals surface area contributed by atoms with E-state index in [-0.39, 0.29) is 15.2 Å². The van der Waals surface area contributed by atoms with Gasteiger partial charge in [-0.25, -0.2) is 0 Å². The van der Waals surface area contributed by atoms with E-state index >= 15 is 0 Å². The van der Waals surface area contributed by atoms with Crippen LogP contribution in [0.15, 0.2) is 70.0 Å². The normalized spacial score (nSPS) is 19.1. The molecule has 0 fully saturated rings. The van der Waals surface area contributed by atoms with Crippen molar-refractivity contribution in [2.24, 2.45) is 5.41 Å². The Morgan fingerprint density at radius 1 is 1.12 bits per heavy atom. The van der Waals surface area contributed by atoms with E-state index in [1.807, 2.05) is 46.8 Å². The molecule has 1 aromatic carbocycles. The Morgan fingerprint density at radius 2 is 1.75 bits per heavy atom. The molecule has 0 aromatic heterocycles. The van der Waals surface area contributed by atoms with Gasteiger partial charge in [0.1, 0.15) is 0 Å². The Labute approximate surface area is 192 Å². The Hall–Kier alpha value is -2.00. The van der Waals surface area contributed by atoms with E-state index in [0.29, 0.717) is 24.8 Å². The number of hydrogen-bond acceptors (Lipinski definition) is 4. The highest BCUT2D eigenvalue weighted by atomic mass is 32.2. The third-order valence-electron chi connectivity index (χ3n) is 5.33. The smallest absolute Gasteiger partial charge is 0.282 e. The van der Waals surface area contributed by atoms with Gasteiger partial charge in [-0.3, -0.25) is 9.11 Å². The van der Waals surface area contributed by atoms with E-state index in [1.165, 1.54) is 12.1 Å². The lowest BCUT2D eigenvalue weighted by Crippen LogP contribution is -2.21. The molecule has 0 radical (unpaired) electrons. The predicted octanol–water partition coefficient (Wildman–Crippen LogP) is 5.83. The molecule has 0 amide bonds. The molecule has 0 spiro atoms. The summed E-state index contributed by atoms with van der Waals surface area (Å²) in [7, 11) is -8.19. The van der Waals surface area contributed by atoms with E-state index in [9.17, 15) is 16.8 Å². The summed E-state index contributed by atoms with van der Waals surface area (Å²) < 4.78 is 62.6. The number of aryl methyl sites for hydroxylation is 2. The van der Waals surface area contributed by atoms with E-state index < -0.39 is 20.2 Å². The van der Waals surface area contributed by atoms with Crippen LogP contribution in [-0.4, -0.2) is 25.9 Å². The van der Waals surface area contributed by atoms with E-state index in [1.54, 1.807) is 18.2 Å². The molecule has 1 unspecified atom stereocenters. The van der Waals surface area contributed by atoms with E-state index in [4.69, 9.17) is 9.11 Å². The average Bonchev–Trinajstić information content (AvgIpc) is 2.66. The summed E-state index contributed by atoms with van der Waals surface area (Å²) in [6.45, 7) is 13.5. The maximum absolute atomic E-state index is 11.1. The van der Waals surface area contributed by atoms with Gasteiger partial charge in [-0.05, 0) is 64.2 Å². The Kier molecular flexibility index (Phi) is 9.84. The molecule has 1 aromatic rings. The number of hydrogen-bond donors (Lipinski definition) is 2. The van der Waals surface area contributed by atoms with Crippen molar-refractivity contribution in [1.29, 1.82) is 0 Å². The first-order chi connectivity index (χ1) is 14.6. The van der Waals surface area contributed by atoms with Gasteiger partial charge in [0.2, 0.25) is 0 Å². The Balaban J connectivity index is 0.000000320. The minimum Gasteiger partial charge on any atom is -0.282 e. The largest absolute Gasteiger partial charge is 0.294 e. The number of benzene rings is 1. The molecule has 0 saturated carbocycles. The molecule has 0 heterocycles. The van der Waals surface area contributed by atoms with Crippen molar-refractivity contribution < 1.29 is 25.9 Å². The predicted molar refractivity (Wildman–Crippen MR) is 130 cm³/mol. The van der Waals surface area contributed by atoms with Crippen LogP contribution in [0.4, 0.5) is 0 Å². The molecule has 32 heavy (non-hydrogen) atoms. The standard InChI is InChI=1S/C12H16O3S.C12H18O3S/c1-9(2)4-6-11-8-10(3)5-7-12(11)16(13,14)15;1-4-5-8-12(3)9-11(16(13,14)15)7-6-10(12)2/h5,7-8H,1,4,6H2,2-3H3,(H,13,14,15);5-8H,4,9H2,1-3H3,(H,13,14,15). The van der Waals surface area contributed by atoms with Gasteiger partial charge in [0.15, 0.2) is 0 Å². The van der Waals surface area contributed by atoms with Crippen LogP contribution in [0, 0.1) is 12.3 Å². The molecule has 2 rings (SSSR count). The Bertz CT molecular complexity index is 1140. The molecule has 8 heteroatoms. The number of rotatable bonds is 7. The first-order valence-electron chi connectivity index (χ1n) is 10.3. The summed E-state index contributed by atoms with van der Waals surface area (Å²) in [6.07, 6.45) is 9.79. The lowest BCUT2D eigenvalue weighted by atomic mass is 9.77. The zero-order chi connectivity index (χ0) is 24.7. The van der Waals surface area contributed by atoms with Crippen molar-refractivity contribution in [3.63, 3.8) is 0 Å². The molecule has 178 valence electrons. The summed E-state index contributed by atoms with van der Waals surface area (Å²) in [6, 6.07) is 4.90. The molecule has 0 aliphatic heterocycles. The van der Waals surface area contributed by atoms with Crippen LogP contribution >= 0.6 is 0 Å². The van der Waals surface area contributed by atoms with E-state index in [2.05, 4.69) is 6.58 Å². The fourth-order valence-electron chi connectivity index (χ4n) is 3.22. The highest BCUT2D eigenvalue weighted by Crippen LogP contribution is 2.40. The van der Waals surface area contributed by atoms with Crippen molar-refractivity contribution in [2.75, 3.05) is 0 Å². The van der Waals surface area contributed by atoms with Crippen LogP contribution < -0.4 is 0 Å². The van der Waals surface area contributed by atoms with Crippen molar-refractivity contribution in [3.8, 4) is 0 Å². The summed E-state index contributed by atoms with van der Waals surface area (Å²) in [5.41, 5.74) is 3.40. The third-order valence-corrected chi connectivity index (χ3v) is 7.23. The van der Waals surface area contributed by atoms with Crippen LogP contribution in [-0.2, 0) is 26.7 Å². The highest BCUT2D eigenvalue weighted by molar-refractivity contribution is 7.89. The van der Waals surface area contributed by atoms with Crippen molar-refractivity contribution in [3.05, 3.63) is 76.3 Å². The minimum atomic E-state index is -4.13. The fraction of sp³-hybridized carbons (Fsp3) is 0.417. The molecule has 1 atom stereocenters. The molecule has 0 saturated heterocycles. The molecule has 0 bridgehead atoms. The molecular formula is C24H34O6S2. The van der Waals surface area contributed by atoms with Crippen LogP contribution in [0.1, 0.15) is 58.1 Å². The van der Waals surface area contributed by atoms with Gasteiger partial charge in [-0.2, -0.15) is 16.8 Å². The average molecular weight is 483 g/mol. The monoisotopic (exact) mass is 482 g/mol. The van der Waals surface area contributed by atoms with Crippen LogP contribution in [0.3, 0.4) is 0 Å². The zero-order valence-corrected chi connectivity index (χ0v) is 21.1. The van der Waals surface area contributed by atoms with Crippen LogP contribution in [0.25, 0.3) is 0 Å². The van der Waals surface area contributed by atoms with Gasteiger partial charge in [0.05, 0.1) is 9.80 Å². The summed E-state index contributed by atoms with van der Waals surface area (Å²) in [5.74, 6) is 0. The van der Waals surface area contributed by atoms with Gasteiger partial charge in [0, 0.05) is 5.41 Å². The van der Waals surface area contributed by atoms with Gasteiger partial charge in [-0.1, -0.05) is 60.9 Å². The van der Waals surface area contributed by atoms with Gasteiger partial charge >= 0.3 is 0 Å². The van der Waals surface area contributed by atoms with Crippen molar-refractivity contribution >= 4 is 20.2 Å². The molecule has 6 nitrogen and oxygen atoms in total. The van der Waals surface area contributed by atoms with Crippen molar-refractivity contribution in [2.45, 2.75) is 65.2 Å². The van der Waals surface area contributed by atoms with Gasteiger partial charge < -0.3 is 0 Å². The second-order valence-corrected chi connectivity index (χ2v) is 11.3. The third kappa shape index (κ3) is 8.50. The van der Waals surface area contributed by atoms with Gasteiger partial charge in [-0.15, -0.1) is 6.58 Å².